The molecule has 0 unspecified atom stereocenters. The molecule has 2 aliphatic rings. The summed E-state index contributed by atoms with van der Waals surface area (Å²) in [6.45, 7) is 7.95. The van der Waals surface area contributed by atoms with Gasteiger partial charge in [0.25, 0.3) is 0 Å². The summed E-state index contributed by atoms with van der Waals surface area (Å²) in [5.74, 6) is -0.249. The number of nitrogens with one attached hydrogen (secondary N) is 2. The largest absolute Gasteiger partial charge is 0.381 e. The smallest absolute Gasteiger partial charge is 0.242 e. The van der Waals surface area contributed by atoms with Crippen LogP contribution in [0, 0.1) is 17.2 Å². The maximum atomic E-state index is 14.1. The van der Waals surface area contributed by atoms with Crippen molar-refractivity contribution in [2.24, 2.45) is 11.3 Å². The minimum atomic E-state index is -0.528. The highest BCUT2D eigenvalue weighted by atomic mass is 19.1. The third-order valence-corrected chi connectivity index (χ3v) is 7.39. The summed E-state index contributed by atoms with van der Waals surface area (Å²) in [4.78, 5) is 28.8. The standard InChI is InChI=1S/C26H40FN3O3/c1-3-20(2)23-24(31)28-14-8-18-33-17-7-6-11-26(25(32)29-23)12-15-30(16-13-26)19-21-9-4-5-10-22(21)27/h4-5,9-10,20,23H,3,6-8,11-19H2,1-2H3,(H,28,31)(H,29,32)/t20-,23-/m0/s1. The topological polar surface area (TPSA) is 70.7 Å². The van der Waals surface area contributed by atoms with E-state index in [2.05, 4.69) is 15.5 Å². The molecule has 1 aromatic carbocycles. The van der Waals surface area contributed by atoms with Crippen LogP contribution in [0.4, 0.5) is 4.39 Å². The minimum Gasteiger partial charge on any atom is -0.381 e. The first kappa shape index (κ1) is 25.6. The van der Waals surface area contributed by atoms with E-state index < -0.39 is 11.5 Å². The SMILES string of the molecule is CC[C@H](C)[C@@H]1NC(=O)C2(CCCCOCCCNC1=O)CCN(Cc1ccccc1F)CC2. The van der Waals surface area contributed by atoms with Crippen LogP contribution < -0.4 is 10.6 Å². The molecule has 7 heteroatoms. The molecule has 1 spiro atoms. The van der Waals surface area contributed by atoms with Gasteiger partial charge in [0, 0.05) is 31.9 Å². The Hall–Kier alpha value is -1.99. The molecule has 2 aliphatic heterocycles. The fraction of sp³-hybridized carbons (Fsp3) is 0.692. The van der Waals surface area contributed by atoms with Crippen molar-refractivity contribution in [2.75, 3.05) is 32.8 Å². The zero-order chi connectivity index (χ0) is 23.7. The van der Waals surface area contributed by atoms with Crippen LogP contribution in [0.1, 0.15) is 64.4 Å². The Morgan fingerprint density at radius 1 is 1.12 bits per heavy atom. The Balaban J connectivity index is 1.72. The van der Waals surface area contributed by atoms with Crippen molar-refractivity contribution in [2.45, 2.75) is 71.4 Å². The molecule has 3 rings (SSSR count). The van der Waals surface area contributed by atoms with E-state index in [1.165, 1.54) is 6.07 Å². The number of piperidine rings is 1. The summed E-state index contributed by atoms with van der Waals surface area (Å²) in [5.41, 5.74) is 0.191. The van der Waals surface area contributed by atoms with Gasteiger partial charge in [-0.1, -0.05) is 44.9 Å². The third-order valence-electron chi connectivity index (χ3n) is 7.39. The number of ether oxygens (including phenoxy) is 1. The van der Waals surface area contributed by atoms with Gasteiger partial charge in [-0.25, -0.2) is 4.39 Å². The number of amides is 2. The van der Waals surface area contributed by atoms with Gasteiger partial charge in [0.2, 0.25) is 11.8 Å². The second-order valence-electron chi connectivity index (χ2n) is 9.70. The van der Waals surface area contributed by atoms with Crippen LogP contribution in [0.3, 0.4) is 0 Å². The number of hydrogen-bond donors (Lipinski definition) is 2. The van der Waals surface area contributed by atoms with Crippen LogP contribution in [0.2, 0.25) is 0 Å². The van der Waals surface area contributed by atoms with E-state index in [-0.39, 0.29) is 23.5 Å². The summed E-state index contributed by atoms with van der Waals surface area (Å²) >= 11 is 0. The van der Waals surface area contributed by atoms with Gasteiger partial charge in [-0.3, -0.25) is 14.5 Å². The Bertz CT molecular complexity index is 780. The molecule has 2 fully saturated rings. The molecular formula is C26H40FN3O3. The monoisotopic (exact) mass is 461 g/mol. The van der Waals surface area contributed by atoms with Crippen molar-refractivity contribution in [3.05, 3.63) is 35.6 Å². The molecule has 184 valence electrons. The Morgan fingerprint density at radius 3 is 2.58 bits per heavy atom. The molecule has 0 bridgehead atoms. The van der Waals surface area contributed by atoms with Crippen LogP contribution in [0.15, 0.2) is 24.3 Å². The van der Waals surface area contributed by atoms with Crippen molar-refractivity contribution in [1.29, 1.82) is 0 Å². The lowest BCUT2D eigenvalue weighted by atomic mass is 9.73. The van der Waals surface area contributed by atoms with Gasteiger partial charge in [0.1, 0.15) is 11.9 Å². The lowest BCUT2D eigenvalue weighted by Crippen LogP contribution is -2.56. The fourth-order valence-corrected chi connectivity index (χ4v) is 4.86. The highest BCUT2D eigenvalue weighted by Crippen LogP contribution is 2.38. The summed E-state index contributed by atoms with van der Waals surface area (Å²) < 4.78 is 19.8. The number of carbonyl (C=O) groups is 2. The maximum absolute atomic E-state index is 14.1. The molecule has 2 atom stereocenters. The summed E-state index contributed by atoms with van der Waals surface area (Å²) in [7, 11) is 0. The molecule has 0 radical (unpaired) electrons. The molecule has 0 saturated carbocycles. The first-order valence-corrected chi connectivity index (χ1v) is 12.6. The van der Waals surface area contributed by atoms with Gasteiger partial charge in [-0.2, -0.15) is 0 Å². The lowest BCUT2D eigenvalue weighted by Gasteiger charge is -2.42. The predicted octanol–water partition coefficient (Wildman–Crippen LogP) is 3.65. The molecule has 6 nitrogen and oxygen atoms in total. The zero-order valence-electron chi connectivity index (χ0n) is 20.2. The molecule has 2 heterocycles. The van der Waals surface area contributed by atoms with E-state index in [1.807, 2.05) is 26.0 Å². The first-order valence-electron chi connectivity index (χ1n) is 12.6. The van der Waals surface area contributed by atoms with E-state index in [0.717, 1.165) is 45.2 Å². The Morgan fingerprint density at radius 2 is 1.85 bits per heavy atom. The van der Waals surface area contributed by atoms with E-state index in [9.17, 15) is 14.0 Å². The van der Waals surface area contributed by atoms with Gasteiger partial charge in [0.05, 0.1) is 5.41 Å². The predicted molar refractivity (Wildman–Crippen MR) is 127 cm³/mol. The number of nitrogens with zero attached hydrogens (tertiary/aromatic N) is 1. The van der Waals surface area contributed by atoms with Crippen molar-refractivity contribution < 1.29 is 18.7 Å². The lowest BCUT2D eigenvalue weighted by molar-refractivity contribution is -0.139. The van der Waals surface area contributed by atoms with E-state index in [0.29, 0.717) is 44.7 Å². The number of hydrogen-bond acceptors (Lipinski definition) is 4. The van der Waals surface area contributed by atoms with Crippen LogP contribution >= 0.6 is 0 Å². The molecule has 2 saturated heterocycles. The van der Waals surface area contributed by atoms with Crippen molar-refractivity contribution in [3.8, 4) is 0 Å². The number of carbonyl (C=O) groups excluding carboxylic acids is 2. The van der Waals surface area contributed by atoms with Crippen LogP contribution in [-0.2, 0) is 20.9 Å². The average molecular weight is 462 g/mol. The van der Waals surface area contributed by atoms with Gasteiger partial charge >= 0.3 is 0 Å². The van der Waals surface area contributed by atoms with E-state index in [4.69, 9.17) is 4.74 Å². The number of rotatable bonds is 4. The van der Waals surface area contributed by atoms with Crippen LogP contribution in [-0.4, -0.2) is 55.6 Å². The molecule has 1 aromatic rings. The van der Waals surface area contributed by atoms with Crippen molar-refractivity contribution >= 4 is 11.8 Å². The summed E-state index contributed by atoms with van der Waals surface area (Å²) in [5, 5.41) is 6.12. The summed E-state index contributed by atoms with van der Waals surface area (Å²) in [6, 6.07) is 6.35. The molecule has 0 aliphatic carbocycles. The van der Waals surface area contributed by atoms with Gasteiger partial charge in [0.15, 0.2) is 0 Å². The Labute approximate surface area is 197 Å². The highest BCUT2D eigenvalue weighted by molar-refractivity contribution is 5.90. The molecule has 2 N–H and O–H groups in total. The average Bonchev–Trinajstić information content (AvgIpc) is 2.82. The minimum absolute atomic E-state index is 0.00790. The second kappa shape index (κ2) is 12.5. The normalized spacial score (nSPS) is 24.5. The van der Waals surface area contributed by atoms with Gasteiger partial charge < -0.3 is 15.4 Å². The highest BCUT2D eigenvalue weighted by Gasteiger charge is 2.42. The van der Waals surface area contributed by atoms with Crippen molar-refractivity contribution in [3.63, 3.8) is 0 Å². The number of halogens is 1. The van der Waals surface area contributed by atoms with E-state index in [1.54, 1.807) is 6.07 Å². The Kier molecular flexibility index (Phi) is 9.68. The first-order chi connectivity index (χ1) is 15.9. The molecule has 2 amide bonds. The maximum Gasteiger partial charge on any atom is 0.242 e. The molecule has 33 heavy (non-hydrogen) atoms. The molecular weight excluding hydrogens is 421 g/mol. The number of benzene rings is 1. The van der Waals surface area contributed by atoms with Gasteiger partial charge in [-0.15, -0.1) is 0 Å². The second-order valence-corrected chi connectivity index (χ2v) is 9.70. The van der Waals surface area contributed by atoms with Crippen LogP contribution in [0.25, 0.3) is 0 Å². The fourth-order valence-electron chi connectivity index (χ4n) is 4.86. The van der Waals surface area contributed by atoms with Crippen LogP contribution in [0.5, 0.6) is 0 Å². The molecule has 0 aromatic heterocycles. The van der Waals surface area contributed by atoms with Crippen molar-refractivity contribution in [1.82, 2.24) is 15.5 Å². The quantitative estimate of drug-likeness (QED) is 0.718. The van der Waals surface area contributed by atoms with Gasteiger partial charge in [-0.05, 0) is 57.2 Å². The third kappa shape index (κ3) is 7.00. The number of likely N-dealkylation sites (tertiary alicyclic amines) is 1. The summed E-state index contributed by atoms with van der Waals surface area (Å²) in [6.07, 6.45) is 5.63. The zero-order valence-corrected chi connectivity index (χ0v) is 20.2. The van der Waals surface area contributed by atoms with E-state index >= 15 is 0 Å².